The Morgan fingerprint density at radius 1 is 1.39 bits per heavy atom. The monoisotopic (exact) mass is 317 g/mol. The molecule has 23 heavy (non-hydrogen) atoms. The Balaban J connectivity index is 1.79. The van der Waals surface area contributed by atoms with E-state index in [4.69, 9.17) is 4.42 Å². The van der Waals surface area contributed by atoms with Gasteiger partial charge in [0, 0.05) is 23.7 Å². The summed E-state index contributed by atoms with van der Waals surface area (Å²) in [4.78, 5) is 0. The van der Waals surface area contributed by atoms with Crippen molar-refractivity contribution in [2.75, 3.05) is 0 Å². The summed E-state index contributed by atoms with van der Waals surface area (Å²) < 4.78 is 7.85. The normalized spacial score (nSPS) is 19.6. The van der Waals surface area contributed by atoms with Gasteiger partial charge in [-0.2, -0.15) is 5.10 Å². The van der Waals surface area contributed by atoms with E-state index in [-0.39, 0.29) is 11.6 Å². The van der Waals surface area contributed by atoms with E-state index >= 15 is 0 Å². The number of aromatic nitrogens is 4. The second-order valence-electron chi connectivity index (χ2n) is 7.35. The van der Waals surface area contributed by atoms with Crippen LogP contribution in [-0.2, 0) is 18.4 Å². The number of fused-ring (bicyclic) bond motifs is 1. The third-order valence-electron chi connectivity index (χ3n) is 4.42. The van der Waals surface area contributed by atoms with Crippen molar-refractivity contribution in [2.24, 2.45) is 0 Å². The van der Waals surface area contributed by atoms with E-state index in [9.17, 15) is 0 Å². The van der Waals surface area contributed by atoms with Crippen LogP contribution in [-0.4, -0.2) is 20.0 Å². The Morgan fingerprint density at radius 2 is 2.17 bits per heavy atom. The van der Waals surface area contributed by atoms with Crippen molar-refractivity contribution in [2.45, 2.75) is 77.9 Å². The van der Waals surface area contributed by atoms with Crippen LogP contribution in [0.2, 0.25) is 0 Å². The number of nitrogens with one attached hydrogen (secondary N) is 1. The third-order valence-corrected chi connectivity index (χ3v) is 4.42. The van der Waals surface area contributed by atoms with Crippen LogP contribution in [0.25, 0.3) is 0 Å². The van der Waals surface area contributed by atoms with E-state index < -0.39 is 0 Å². The number of nitrogens with zero attached hydrogens (tertiary/aromatic N) is 4. The summed E-state index contributed by atoms with van der Waals surface area (Å²) in [5.74, 6) is 1.36. The molecule has 2 aromatic rings. The van der Waals surface area contributed by atoms with Crippen molar-refractivity contribution < 1.29 is 4.42 Å². The summed E-state index contributed by atoms with van der Waals surface area (Å²) in [6.45, 7) is 10.7. The molecule has 126 valence electrons. The van der Waals surface area contributed by atoms with E-state index in [1.165, 1.54) is 17.7 Å². The van der Waals surface area contributed by atoms with Gasteiger partial charge in [-0.3, -0.25) is 10.00 Å². The van der Waals surface area contributed by atoms with E-state index in [1.54, 1.807) is 0 Å². The highest BCUT2D eigenvalue weighted by molar-refractivity contribution is 5.26. The molecule has 2 atom stereocenters. The molecule has 6 nitrogen and oxygen atoms in total. The van der Waals surface area contributed by atoms with Crippen LogP contribution in [0.15, 0.2) is 10.6 Å². The van der Waals surface area contributed by atoms with Gasteiger partial charge in [0.05, 0.1) is 17.8 Å². The van der Waals surface area contributed by atoms with Crippen molar-refractivity contribution >= 4 is 0 Å². The number of aryl methyl sites for hydroxylation is 1. The zero-order valence-corrected chi connectivity index (χ0v) is 14.8. The van der Waals surface area contributed by atoms with Gasteiger partial charge in [0.25, 0.3) is 0 Å². The summed E-state index contributed by atoms with van der Waals surface area (Å²) in [5.41, 5.74) is 2.69. The van der Waals surface area contributed by atoms with Crippen LogP contribution < -0.4 is 5.32 Å². The van der Waals surface area contributed by atoms with Crippen molar-refractivity contribution in [3.8, 4) is 0 Å². The largest absolute Gasteiger partial charge is 0.424 e. The summed E-state index contributed by atoms with van der Waals surface area (Å²) in [6.07, 6.45) is 6.17. The quantitative estimate of drug-likeness (QED) is 0.937. The van der Waals surface area contributed by atoms with Crippen LogP contribution in [0.3, 0.4) is 0 Å². The average Bonchev–Trinajstić information content (AvgIpc) is 3.13. The van der Waals surface area contributed by atoms with E-state index in [0.29, 0.717) is 17.8 Å². The van der Waals surface area contributed by atoms with Gasteiger partial charge in [0.15, 0.2) is 0 Å². The molecule has 0 radical (unpaired) electrons. The lowest BCUT2D eigenvalue weighted by Gasteiger charge is -2.29. The van der Waals surface area contributed by atoms with Gasteiger partial charge >= 0.3 is 0 Å². The van der Waals surface area contributed by atoms with Crippen LogP contribution in [0.4, 0.5) is 0 Å². The molecule has 0 unspecified atom stereocenters. The van der Waals surface area contributed by atoms with Crippen molar-refractivity contribution in [3.63, 3.8) is 0 Å². The zero-order chi connectivity index (χ0) is 16.6. The Kier molecular flexibility index (Phi) is 4.27. The van der Waals surface area contributed by atoms with Gasteiger partial charge in [-0.25, -0.2) is 0 Å². The molecule has 2 heterocycles. The minimum atomic E-state index is 0.0175. The maximum absolute atomic E-state index is 5.68. The van der Waals surface area contributed by atoms with Crippen LogP contribution in [0, 0.1) is 0 Å². The van der Waals surface area contributed by atoms with Crippen molar-refractivity contribution in [1.82, 2.24) is 25.3 Å². The predicted octanol–water partition coefficient (Wildman–Crippen LogP) is 3.31. The highest BCUT2D eigenvalue weighted by atomic mass is 16.4. The highest BCUT2D eigenvalue weighted by Crippen LogP contribution is 2.33. The molecule has 2 aromatic heterocycles. The standard InChI is InChI=1S/C17H27N5O/c1-6-15-20-21-16(23-15)11(2)19-13-8-7-9-14-12(13)10-18-22(14)17(3,4)5/h10-11,13,19H,6-9H2,1-5H3/t11-,13+/m0/s1. The Hall–Kier alpha value is -1.69. The number of hydrogen-bond acceptors (Lipinski definition) is 5. The molecule has 6 heteroatoms. The fraction of sp³-hybridized carbons (Fsp3) is 0.706. The molecule has 0 amide bonds. The van der Waals surface area contributed by atoms with Gasteiger partial charge in [0.2, 0.25) is 11.8 Å². The van der Waals surface area contributed by atoms with Crippen LogP contribution >= 0.6 is 0 Å². The Labute approximate surface area is 137 Å². The van der Waals surface area contributed by atoms with E-state index in [1.807, 2.05) is 13.1 Å². The fourth-order valence-electron chi connectivity index (χ4n) is 3.27. The molecule has 3 rings (SSSR count). The molecule has 0 aliphatic heterocycles. The minimum absolute atomic E-state index is 0.0175. The van der Waals surface area contributed by atoms with Crippen molar-refractivity contribution in [3.05, 3.63) is 29.2 Å². The van der Waals surface area contributed by atoms with Gasteiger partial charge < -0.3 is 4.42 Å². The maximum atomic E-state index is 5.68. The number of rotatable bonds is 4. The highest BCUT2D eigenvalue weighted by Gasteiger charge is 2.29. The average molecular weight is 317 g/mol. The molecule has 0 saturated heterocycles. The first-order valence-electron chi connectivity index (χ1n) is 8.55. The summed E-state index contributed by atoms with van der Waals surface area (Å²) in [7, 11) is 0. The Morgan fingerprint density at radius 3 is 2.83 bits per heavy atom. The third kappa shape index (κ3) is 3.17. The molecule has 0 saturated carbocycles. The molecular weight excluding hydrogens is 290 g/mol. The van der Waals surface area contributed by atoms with Crippen LogP contribution in [0.5, 0.6) is 0 Å². The fourth-order valence-corrected chi connectivity index (χ4v) is 3.27. The molecule has 0 aromatic carbocycles. The molecule has 1 aliphatic carbocycles. The maximum Gasteiger partial charge on any atom is 0.233 e. The van der Waals surface area contributed by atoms with E-state index in [0.717, 1.165) is 19.3 Å². The zero-order valence-electron chi connectivity index (χ0n) is 14.8. The lowest BCUT2D eigenvalue weighted by atomic mass is 9.91. The molecule has 1 aliphatic rings. The first-order valence-corrected chi connectivity index (χ1v) is 8.55. The first-order chi connectivity index (χ1) is 10.9. The molecule has 0 bridgehead atoms. The van der Waals surface area contributed by atoms with Gasteiger partial charge in [-0.05, 0) is 47.0 Å². The second kappa shape index (κ2) is 6.07. The summed E-state index contributed by atoms with van der Waals surface area (Å²) >= 11 is 0. The first kappa shape index (κ1) is 16.2. The van der Waals surface area contributed by atoms with Crippen molar-refractivity contribution in [1.29, 1.82) is 0 Å². The lowest BCUT2D eigenvalue weighted by molar-refractivity contribution is 0.323. The smallest absolute Gasteiger partial charge is 0.233 e. The molecule has 0 fully saturated rings. The second-order valence-corrected chi connectivity index (χ2v) is 7.35. The van der Waals surface area contributed by atoms with E-state index in [2.05, 4.69) is 53.0 Å². The molecule has 1 N–H and O–H groups in total. The number of hydrogen-bond donors (Lipinski definition) is 1. The lowest BCUT2D eigenvalue weighted by Crippen LogP contribution is -2.30. The minimum Gasteiger partial charge on any atom is -0.424 e. The molecule has 0 spiro atoms. The van der Waals surface area contributed by atoms with Gasteiger partial charge in [-0.1, -0.05) is 6.92 Å². The summed E-state index contributed by atoms with van der Waals surface area (Å²) in [5, 5.41) is 16.5. The predicted molar refractivity (Wildman–Crippen MR) is 88.1 cm³/mol. The van der Waals surface area contributed by atoms with Gasteiger partial charge in [-0.15, -0.1) is 10.2 Å². The topological polar surface area (TPSA) is 68.8 Å². The SMILES string of the molecule is CCc1nnc([C@H](C)N[C@@H]2CCCc3c2cnn3C(C)(C)C)o1. The Bertz CT molecular complexity index is 667. The molecular formula is C17H27N5O. The summed E-state index contributed by atoms with van der Waals surface area (Å²) in [6, 6.07) is 0.332. The van der Waals surface area contributed by atoms with Crippen LogP contribution in [0.1, 0.15) is 82.6 Å². The van der Waals surface area contributed by atoms with Gasteiger partial charge in [0.1, 0.15) is 0 Å².